The minimum Gasteiger partial charge on any atom is -0.392 e. The van der Waals surface area contributed by atoms with Crippen molar-refractivity contribution in [1.29, 1.82) is 0 Å². The van der Waals surface area contributed by atoms with Crippen LogP contribution < -0.4 is 0 Å². The van der Waals surface area contributed by atoms with E-state index in [4.69, 9.17) is 0 Å². The lowest BCUT2D eigenvalue weighted by Gasteiger charge is -2.48. The van der Waals surface area contributed by atoms with Crippen molar-refractivity contribution in [2.75, 3.05) is 33.2 Å². The summed E-state index contributed by atoms with van der Waals surface area (Å²) in [7, 11) is 2.31. The smallest absolute Gasteiger partial charge is 0.0631 e. The Labute approximate surface area is 130 Å². The normalized spacial score (nSPS) is 41.7. The lowest BCUT2D eigenvalue weighted by atomic mass is 9.69. The molecule has 1 N–H and O–H groups in total. The first-order chi connectivity index (χ1) is 9.97. The van der Waals surface area contributed by atoms with Crippen molar-refractivity contribution < 1.29 is 5.11 Å². The zero-order valence-corrected chi connectivity index (χ0v) is 14.2. The zero-order chi connectivity index (χ0) is 15.0. The molecule has 3 aliphatic rings. The van der Waals surface area contributed by atoms with E-state index < -0.39 is 0 Å². The van der Waals surface area contributed by atoms with Crippen LogP contribution in [-0.2, 0) is 0 Å². The van der Waals surface area contributed by atoms with Gasteiger partial charge in [0.05, 0.1) is 6.10 Å². The van der Waals surface area contributed by atoms with Gasteiger partial charge in [-0.05, 0) is 69.5 Å². The minimum absolute atomic E-state index is 0.113. The van der Waals surface area contributed by atoms with Gasteiger partial charge in [-0.2, -0.15) is 0 Å². The highest BCUT2D eigenvalue weighted by molar-refractivity contribution is 4.93. The summed E-state index contributed by atoms with van der Waals surface area (Å²) in [6.45, 7) is 9.39. The Bertz CT molecular complexity index is 357. The topological polar surface area (TPSA) is 26.7 Å². The average Bonchev–Trinajstić information content (AvgIpc) is 2.44. The third kappa shape index (κ3) is 3.30. The summed E-state index contributed by atoms with van der Waals surface area (Å²) in [5.74, 6) is 1.36. The van der Waals surface area contributed by atoms with Crippen LogP contribution in [0, 0.1) is 17.3 Å². The summed E-state index contributed by atoms with van der Waals surface area (Å²) in [6.07, 6.45) is 7.67. The molecule has 3 nitrogen and oxygen atoms in total. The highest BCUT2D eigenvalue weighted by atomic mass is 16.3. The van der Waals surface area contributed by atoms with Gasteiger partial charge in [-0.15, -0.1) is 0 Å². The van der Waals surface area contributed by atoms with Crippen molar-refractivity contribution in [3.63, 3.8) is 0 Å². The Balaban J connectivity index is 1.56. The van der Waals surface area contributed by atoms with Crippen LogP contribution in [0.5, 0.6) is 0 Å². The Morgan fingerprint density at radius 1 is 1.10 bits per heavy atom. The standard InChI is InChI=1S/C18H34N2O/c1-18(2)9-4-6-15(17(18)21)13-20-11-8-16-14(12-20)7-5-10-19(16)3/h14-17,21H,4-13H2,1-3H3. The molecule has 0 spiro atoms. The molecule has 3 rings (SSSR count). The second kappa shape index (κ2) is 6.17. The molecule has 4 unspecified atom stereocenters. The van der Waals surface area contributed by atoms with Gasteiger partial charge in [0.15, 0.2) is 0 Å². The summed E-state index contributed by atoms with van der Waals surface area (Å²) in [6, 6.07) is 0.822. The second-order valence-electron chi connectivity index (χ2n) is 8.58. The Kier molecular flexibility index (Phi) is 4.63. The number of rotatable bonds is 2. The molecule has 122 valence electrons. The lowest BCUT2D eigenvalue weighted by Crippen LogP contribution is -2.54. The molecule has 0 aromatic rings. The van der Waals surface area contributed by atoms with Crippen molar-refractivity contribution in [1.82, 2.24) is 9.80 Å². The van der Waals surface area contributed by atoms with Gasteiger partial charge in [-0.1, -0.05) is 20.3 Å². The van der Waals surface area contributed by atoms with Crippen LogP contribution in [0.3, 0.4) is 0 Å². The molecule has 0 aromatic carbocycles. The summed E-state index contributed by atoms with van der Waals surface area (Å²) >= 11 is 0. The third-order valence-corrected chi connectivity index (χ3v) is 6.57. The number of fused-ring (bicyclic) bond motifs is 1. The van der Waals surface area contributed by atoms with E-state index in [-0.39, 0.29) is 11.5 Å². The molecule has 21 heavy (non-hydrogen) atoms. The van der Waals surface area contributed by atoms with Crippen molar-refractivity contribution in [2.45, 2.75) is 64.5 Å². The molecule has 0 bridgehead atoms. The van der Waals surface area contributed by atoms with Gasteiger partial charge in [-0.25, -0.2) is 0 Å². The summed E-state index contributed by atoms with van der Waals surface area (Å²) in [5.41, 5.74) is 0.117. The molecule has 0 radical (unpaired) electrons. The first kappa shape index (κ1) is 15.8. The number of hydrogen-bond acceptors (Lipinski definition) is 3. The second-order valence-corrected chi connectivity index (χ2v) is 8.58. The highest BCUT2D eigenvalue weighted by Crippen LogP contribution is 2.40. The molecule has 4 atom stereocenters. The number of hydrogen-bond donors (Lipinski definition) is 1. The largest absolute Gasteiger partial charge is 0.392 e. The Morgan fingerprint density at radius 3 is 2.71 bits per heavy atom. The van der Waals surface area contributed by atoms with E-state index in [1.54, 1.807) is 0 Å². The molecule has 0 aromatic heterocycles. The number of aliphatic hydroxyl groups excluding tert-OH is 1. The molecule has 1 saturated carbocycles. The van der Waals surface area contributed by atoms with E-state index >= 15 is 0 Å². The van der Waals surface area contributed by atoms with Gasteiger partial charge >= 0.3 is 0 Å². The number of piperidine rings is 2. The average molecular weight is 294 g/mol. The number of nitrogens with zero attached hydrogens (tertiary/aromatic N) is 2. The summed E-state index contributed by atoms with van der Waals surface area (Å²) < 4.78 is 0. The molecular weight excluding hydrogens is 260 g/mol. The molecule has 3 heteroatoms. The highest BCUT2D eigenvalue weighted by Gasteiger charge is 2.40. The number of likely N-dealkylation sites (tertiary alicyclic amines) is 2. The zero-order valence-electron chi connectivity index (χ0n) is 14.2. The molecule has 1 aliphatic carbocycles. The van der Waals surface area contributed by atoms with Crippen LogP contribution >= 0.6 is 0 Å². The maximum Gasteiger partial charge on any atom is 0.0631 e. The van der Waals surface area contributed by atoms with E-state index in [0.29, 0.717) is 5.92 Å². The van der Waals surface area contributed by atoms with Crippen LogP contribution in [0.4, 0.5) is 0 Å². The Morgan fingerprint density at radius 2 is 1.90 bits per heavy atom. The fourth-order valence-corrected chi connectivity index (χ4v) is 5.18. The molecule has 3 fully saturated rings. The van der Waals surface area contributed by atoms with E-state index in [1.165, 1.54) is 58.2 Å². The molecule has 2 aliphatic heterocycles. The quantitative estimate of drug-likeness (QED) is 0.848. The maximum absolute atomic E-state index is 10.7. The van der Waals surface area contributed by atoms with Crippen LogP contribution in [0.1, 0.15) is 52.4 Å². The van der Waals surface area contributed by atoms with Gasteiger partial charge in [0.2, 0.25) is 0 Å². The van der Waals surface area contributed by atoms with E-state index in [1.807, 2.05) is 0 Å². The fraction of sp³-hybridized carbons (Fsp3) is 1.00. The van der Waals surface area contributed by atoms with Gasteiger partial charge in [0.1, 0.15) is 0 Å². The SMILES string of the molecule is CN1CCCC2CN(CC3CCCC(C)(C)C3O)CCC21. The van der Waals surface area contributed by atoms with Crippen LogP contribution in [-0.4, -0.2) is 60.3 Å². The van der Waals surface area contributed by atoms with Crippen molar-refractivity contribution in [3.05, 3.63) is 0 Å². The summed E-state index contributed by atoms with van der Waals surface area (Å²) in [4.78, 5) is 5.25. The van der Waals surface area contributed by atoms with Gasteiger partial charge in [0.25, 0.3) is 0 Å². The predicted octanol–water partition coefficient (Wildman–Crippen LogP) is 2.59. The first-order valence-corrected chi connectivity index (χ1v) is 9.08. The lowest BCUT2D eigenvalue weighted by molar-refractivity contribution is -0.0523. The van der Waals surface area contributed by atoms with Crippen LogP contribution in [0.15, 0.2) is 0 Å². The molecule has 0 amide bonds. The minimum atomic E-state index is -0.113. The Hall–Kier alpha value is -0.120. The maximum atomic E-state index is 10.7. The first-order valence-electron chi connectivity index (χ1n) is 9.08. The van der Waals surface area contributed by atoms with Gasteiger partial charge in [0, 0.05) is 19.1 Å². The van der Waals surface area contributed by atoms with Gasteiger partial charge in [-0.3, -0.25) is 0 Å². The van der Waals surface area contributed by atoms with Gasteiger partial charge < -0.3 is 14.9 Å². The van der Waals surface area contributed by atoms with E-state index in [2.05, 4.69) is 30.7 Å². The van der Waals surface area contributed by atoms with Crippen LogP contribution in [0.2, 0.25) is 0 Å². The molecular formula is C18H34N2O. The summed E-state index contributed by atoms with van der Waals surface area (Å²) in [5, 5.41) is 10.7. The third-order valence-electron chi connectivity index (χ3n) is 6.57. The van der Waals surface area contributed by atoms with E-state index in [9.17, 15) is 5.11 Å². The van der Waals surface area contributed by atoms with E-state index in [0.717, 1.165) is 18.5 Å². The number of aliphatic hydroxyl groups is 1. The van der Waals surface area contributed by atoms with Crippen molar-refractivity contribution in [3.8, 4) is 0 Å². The molecule has 2 heterocycles. The van der Waals surface area contributed by atoms with Crippen molar-refractivity contribution >= 4 is 0 Å². The van der Waals surface area contributed by atoms with Crippen LogP contribution in [0.25, 0.3) is 0 Å². The van der Waals surface area contributed by atoms with Crippen molar-refractivity contribution in [2.24, 2.45) is 17.3 Å². The predicted molar refractivity (Wildman–Crippen MR) is 87.3 cm³/mol. The molecule has 2 saturated heterocycles. The monoisotopic (exact) mass is 294 g/mol. The fourth-order valence-electron chi connectivity index (χ4n) is 5.18.